The van der Waals surface area contributed by atoms with Crippen LogP contribution in [0.25, 0.3) is 10.9 Å². The van der Waals surface area contributed by atoms with Gasteiger partial charge in [0.25, 0.3) is 0 Å². The van der Waals surface area contributed by atoms with Crippen molar-refractivity contribution in [3.8, 4) is 0 Å². The smallest absolute Gasteiger partial charge is 0.154 e. The molecule has 2 rings (SSSR count). The van der Waals surface area contributed by atoms with E-state index in [2.05, 4.69) is 5.10 Å². The van der Waals surface area contributed by atoms with Gasteiger partial charge in [0.05, 0.1) is 11.2 Å². The van der Waals surface area contributed by atoms with Gasteiger partial charge in [-0.05, 0) is 32.4 Å². The molecule has 18 heavy (non-hydrogen) atoms. The number of carbonyl (C=O) groups is 1. The number of aromatic nitrogens is 2. The Morgan fingerprint density at radius 3 is 2.89 bits per heavy atom. The van der Waals surface area contributed by atoms with Gasteiger partial charge in [0.1, 0.15) is 6.54 Å². The second-order valence-electron chi connectivity index (χ2n) is 4.54. The maximum Gasteiger partial charge on any atom is 0.154 e. The molecule has 0 spiro atoms. The summed E-state index contributed by atoms with van der Waals surface area (Å²) in [4.78, 5) is 11.8. The number of ketones is 1. The molecule has 0 aliphatic rings. The summed E-state index contributed by atoms with van der Waals surface area (Å²) in [5, 5.41) is 5.55. The van der Waals surface area contributed by atoms with Gasteiger partial charge in [0, 0.05) is 11.8 Å². The van der Waals surface area contributed by atoms with Gasteiger partial charge in [-0.1, -0.05) is 18.2 Å². The highest BCUT2D eigenvalue weighted by Gasteiger charge is 2.09. The molecule has 4 heteroatoms. The maximum absolute atomic E-state index is 11.8. The van der Waals surface area contributed by atoms with E-state index >= 15 is 0 Å². The number of aryl methyl sites for hydroxylation is 1. The van der Waals surface area contributed by atoms with Gasteiger partial charge >= 0.3 is 0 Å². The fraction of sp³-hybridized carbons (Fsp3) is 0.429. The van der Waals surface area contributed by atoms with Crippen LogP contribution in [0.2, 0.25) is 0 Å². The van der Waals surface area contributed by atoms with Crippen molar-refractivity contribution in [2.75, 3.05) is 6.54 Å². The highest BCUT2D eigenvalue weighted by molar-refractivity contribution is 5.84. The van der Waals surface area contributed by atoms with Gasteiger partial charge in [-0.2, -0.15) is 5.10 Å². The van der Waals surface area contributed by atoms with Crippen molar-refractivity contribution in [2.24, 2.45) is 5.73 Å². The summed E-state index contributed by atoms with van der Waals surface area (Å²) in [6, 6.07) is 8.00. The van der Waals surface area contributed by atoms with E-state index in [4.69, 9.17) is 5.73 Å². The van der Waals surface area contributed by atoms with Crippen molar-refractivity contribution in [2.45, 2.75) is 32.7 Å². The average molecular weight is 245 g/mol. The molecule has 0 saturated carbocycles. The largest absolute Gasteiger partial charge is 0.330 e. The first kappa shape index (κ1) is 12.8. The Bertz CT molecular complexity index is 545. The van der Waals surface area contributed by atoms with Crippen molar-refractivity contribution >= 4 is 16.7 Å². The minimum atomic E-state index is 0.219. The molecule has 1 aromatic heterocycles. The Balaban J connectivity index is 2.10. The van der Waals surface area contributed by atoms with E-state index in [-0.39, 0.29) is 5.78 Å². The van der Waals surface area contributed by atoms with E-state index in [1.165, 1.54) is 0 Å². The van der Waals surface area contributed by atoms with E-state index in [0.29, 0.717) is 19.5 Å². The van der Waals surface area contributed by atoms with Gasteiger partial charge in [0.15, 0.2) is 5.78 Å². The summed E-state index contributed by atoms with van der Waals surface area (Å²) in [5.41, 5.74) is 7.42. The van der Waals surface area contributed by atoms with Crippen LogP contribution in [0.15, 0.2) is 24.3 Å². The van der Waals surface area contributed by atoms with Gasteiger partial charge in [0.2, 0.25) is 0 Å². The van der Waals surface area contributed by atoms with E-state index in [1.807, 2.05) is 31.2 Å². The molecule has 1 heterocycles. The number of Topliss-reactive ketones (excluding diaryl/α,β-unsaturated/α-hetero) is 1. The second-order valence-corrected chi connectivity index (χ2v) is 4.54. The minimum absolute atomic E-state index is 0.219. The first-order chi connectivity index (χ1) is 8.72. The summed E-state index contributed by atoms with van der Waals surface area (Å²) < 4.78 is 1.80. The number of benzene rings is 1. The third-order valence-corrected chi connectivity index (χ3v) is 3.08. The molecule has 0 amide bonds. The Morgan fingerprint density at radius 2 is 2.11 bits per heavy atom. The monoisotopic (exact) mass is 245 g/mol. The Hall–Kier alpha value is -1.68. The van der Waals surface area contributed by atoms with Crippen molar-refractivity contribution in [3.05, 3.63) is 30.0 Å². The molecule has 96 valence electrons. The molecule has 0 radical (unpaired) electrons. The quantitative estimate of drug-likeness (QED) is 0.792. The predicted molar refractivity (Wildman–Crippen MR) is 72.4 cm³/mol. The van der Waals surface area contributed by atoms with E-state index in [1.54, 1.807) is 4.68 Å². The zero-order valence-electron chi connectivity index (χ0n) is 10.7. The summed E-state index contributed by atoms with van der Waals surface area (Å²) in [6.07, 6.45) is 2.36. The van der Waals surface area contributed by atoms with Crippen LogP contribution in [0.4, 0.5) is 0 Å². The molecule has 0 fully saturated rings. The number of nitrogens with two attached hydrogens (primary N) is 1. The number of carbonyl (C=O) groups excluding carboxylic acids is 1. The predicted octanol–water partition coefficient (Wildman–Crippen LogP) is 2.04. The molecule has 4 nitrogen and oxygen atoms in total. The van der Waals surface area contributed by atoms with Crippen LogP contribution in [0.5, 0.6) is 0 Å². The number of nitrogens with zero attached hydrogens (tertiary/aromatic N) is 2. The fourth-order valence-corrected chi connectivity index (χ4v) is 2.13. The average Bonchev–Trinajstić information content (AvgIpc) is 2.67. The molecular formula is C14H19N3O. The molecule has 2 aromatic rings. The van der Waals surface area contributed by atoms with Gasteiger partial charge in [-0.15, -0.1) is 0 Å². The second kappa shape index (κ2) is 5.78. The molecule has 0 unspecified atom stereocenters. The van der Waals surface area contributed by atoms with Gasteiger partial charge in [-0.3, -0.25) is 9.48 Å². The third-order valence-electron chi connectivity index (χ3n) is 3.08. The minimum Gasteiger partial charge on any atom is -0.330 e. The van der Waals surface area contributed by atoms with Crippen molar-refractivity contribution in [1.29, 1.82) is 0 Å². The highest BCUT2D eigenvalue weighted by Crippen LogP contribution is 2.17. The zero-order valence-corrected chi connectivity index (χ0v) is 10.7. The number of fused-ring (bicyclic) bond motifs is 1. The van der Waals surface area contributed by atoms with Crippen LogP contribution < -0.4 is 5.73 Å². The molecular weight excluding hydrogens is 226 g/mol. The Morgan fingerprint density at radius 1 is 1.33 bits per heavy atom. The first-order valence-electron chi connectivity index (χ1n) is 6.36. The summed E-state index contributed by atoms with van der Waals surface area (Å²) in [7, 11) is 0. The number of para-hydroxylation sites is 1. The normalized spacial score (nSPS) is 11.0. The summed E-state index contributed by atoms with van der Waals surface area (Å²) in [6.45, 7) is 2.98. The highest BCUT2D eigenvalue weighted by atomic mass is 16.1. The standard InChI is InChI=1S/C14H19N3O/c1-11-13-7-2-3-8-14(13)17(16-11)10-12(18)6-4-5-9-15/h2-3,7-8H,4-6,9-10,15H2,1H3. The van der Waals surface area contributed by atoms with Crippen LogP contribution >= 0.6 is 0 Å². The Kier molecular flexibility index (Phi) is 4.10. The lowest BCUT2D eigenvalue weighted by molar-refractivity contribution is -0.119. The van der Waals surface area contributed by atoms with E-state index < -0.39 is 0 Å². The lowest BCUT2D eigenvalue weighted by Crippen LogP contribution is -2.11. The number of unbranched alkanes of at least 4 members (excludes halogenated alkanes) is 1. The molecule has 0 saturated heterocycles. The molecule has 1 aromatic carbocycles. The molecule has 0 bridgehead atoms. The maximum atomic E-state index is 11.8. The van der Waals surface area contributed by atoms with Gasteiger partial charge in [-0.25, -0.2) is 0 Å². The fourth-order valence-electron chi connectivity index (χ4n) is 2.13. The van der Waals surface area contributed by atoms with Crippen LogP contribution in [0, 0.1) is 6.92 Å². The molecule has 0 aliphatic carbocycles. The van der Waals surface area contributed by atoms with Crippen molar-refractivity contribution in [1.82, 2.24) is 9.78 Å². The van der Waals surface area contributed by atoms with E-state index in [0.717, 1.165) is 29.4 Å². The third kappa shape index (κ3) is 2.76. The van der Waals surface area contributed by atoms with Crippen LogP contribution in [-0.2, 0) is 11.3 Å². The summed E-state index contributed by atoms with van der Waals surface area (Å²) >= 11 is 0. The summed E-state index contributed by atoms with van der Waals surface area (Å²) in [5.74, 6) is 0.219. The number of hydrogen-bond donors (Lipinski definition) is 1. The van der Waals surface area contributed by atoms with Crippen LogP contribution in [-0.4, -0.2) is 22.1 Å². The zero-order chi connectivity index (χ0) is 13.0. The van der Waals surface area contributed by atoms with Crippen LogP contribution in [0.3, 0.4) is 0 Å². The molecule has 0 atom stereocenters. The van der Waals surface area contributed by atoms with Crippen molar-refractivity contribution < 1.29 is 4.79 Å². The van der Waals surface area contributed by atoms with E-state index in [9.17, 15) is 4.79 Å². The molecule has 0 aliphatic heterocycles. The van der Waals surface area contributed by atoms with Crippen molar-refractivity contribution in [3.63, 3.8) is 0 Å². The SMILES string of the molecule is Cc1nn(CC(=O)CCCCN)c2ccccc12. The Labute approximate surface area is 107 Å². The lowest BCUT2D eigenvalue weighted by Gasteiger charge is -2.02. The number of rotatable bonds is 6. The van der Waals surface area contributed by atoms with Gasteiger partial charge < -0.3 is 5.73 Å². The molecule has 2 N–H and O–H groups in total. The lowest BCUT2D eigenvalue weighted by atomic mass is 10.1. The topological polar surface area (TPSA) is 60.9 Å². The van der Waals surface area contributed by atoms with Crippen LogP contribution in [0.1, 0.15) is 25.0 Å². The first-order valence-corrected chi connectivity index (χ1v) is 6.36. The number of hydrogen-bond acceptors (Lipinski definition) is 3.